The molecule has 12 aromatic rings. The molecule has 120 heavy (non-hydrogen) atoms. The number of benzene rings is 12. The van der Waals surface area contributed by atoms with Gasteiger partial charge in [0.05, 0.1) is 52.0 Å². The molecule has 2 unspecified atom stereocenters. The van der Waals surface area contributed by atoms with Crippen LogP contribution in [0.15, 0.2) is 243 Å². The third-order valence-corrected chi connectivity index (χ3v) is 16.5. The minimum absolute atomic E-state index is 0.0370. The number of carboxylic acid groups (broad SMARTS) is 1. The number of alkyl halides is 12. The fourth-order valence-corrected chi connectivity index (χ4v) is 11.1. The van der Waals surface area contributed by atoms with Gasteiger partial charge in [-0.25, -0.2) is 4.79 Å². The number of nitrogens with one attached hydrogen (secondary N) is 3. The maximum absolute atomic E-state index is 12.7. The second kappa shape index (κ2) is 43.6. The summed E-state index contributed by atoms with van der Waals surface area (Å²) in [7, 11) is 0. The number of carboxylic acids is 1. The van der Waals surface area contributed by atoms with E-state index in [9.17, 15) is 75.7 Å². The number of amides is 3. The predicted molar refractivity (Wildman–Crippen MR) is 442 cm³/mol. The van der Waals surface area contributed by atoms with Crippen LogP contribution in [0.3, 0.4) is 0 Å². The molecule has 0 aliphatic rings. The van der Waals surface area contributed by atoms with Gasteiger partial charge in [0.25, 0.3) is 17.7 Å². The van der Waals surface area contributed by atoms with E-state index in [-0.39, 0.29) is 65.3 Å². The summed E-state index contributed by atoms with van der Waals surface area (Å²) in [6.45, 7) is 14.1. The van der Waals surface area contributed by atoms with Crippen LogP contribution in [0.5, 0.6) is 46.0 Å². The zero-order chi connectivity index (χ0) is 88.1. The second-order valence-electron chi connectivity index (χ2n) is 25.7. The van der Waals surface area contributed by atoms with Crippen LogP contribution in [0.1, 0.15) is 119 Å². The summed E-state index contributed by atoms with van der Waals surface area (Å²) in [5.41, 5.74) is 3.86. The lowest BCUT2D eigenvalue weighted by molar-refractivity contribution is -0.138. The standard InChI is InChI=1S/3C23H18F3NO2.C18H11F3O3.C5H9N.CH3FS/c3*1-3-5-15(2)27-22(28)17-8-13-20-16(14-17)6-4-7-21(20)29-19-11-9-18(10-12-19)23(24,25)26;19-18(20,21)13-5-7-14(8-6-13)24-16-3-1-2-11-10-12(17(22)23)4-9-15(11)16;1-3-4-5(2)6;1-3-2/h3*4,6-15H,1-2H3,(H,27,28);1-10H,(H,22,23);5H,6H2,1-2H3;1H3/t2*15-;;;;/m10..../s1. The van der Waals surface area contributed by atoms with Crippen LogP contribution in [-0.4, -0.2) is 59.2 Å². The minimum Gasteiger partial charge on any atom is -0.478 e. The van der Waals surface area contributed by atoms with Crippen molar-refractivity contribution in [1.29, 1.82) is 0 Å². The van der Waals surface area contributed by atoms with Gasteiger partial charge in [0.2, 0.25) is 0 Å². The van der Waals surface area contributed by atoms with Crippen molar-refractivity contribution in [2.24, 2.45) is 5.73 Å². The van der Waals surface area contributed by atoms with Gasteiger partial charge in [-0.3, -0.25) is 14.4 Å². The molecule has 6 N–H and O–H groups in total. The van der Waals surface area contributed by atoms with Crippen molar-refractivity contribution in [2.45, 2.75) is 104 Å². The topological polar surface area (TPSA) is 188 Å². The van der Waals surface area contributed by atoms with E-state index in [1.54, 1.807) is 164 Å². The maximum atomic E-state index is 12.7. The highest BCUT2D eigenvalue weighted by atomic mass is 32.2. The molecule has 4 atom stereocenters. The zero-order valence-corrected chi connectivity index (χ0v) is 66.3. The van der Waals surface area contributed by atoms with Crippen LogP contribution >= 0.6 is 12.1 Å². The number of fused-ring (bicyclic) bond motifs is 4. The third kappa shape index (κ3) is 28.4. The largest absolute Gasteiger partial charge is 0.478 e. The van der Waals surface area contributed by atoms with Crippen molar-refractivity contribution in [3.63, 3.8) is 0 Å². The Morgan fingerprint density at radius 2 is 0.550 bits per heavy atom. The van der Waals surface area contributed by atoms with E-state index in [1.165, 1.54) is 66.9 Å². The first-order valence-corrected chi connectivity index (χ1v) is 37.3. The molecule has 620 valence electrons. The van der Waals surface area contributed by atoms with Crippen molar-refractivity contribution in [3.05, 3.63) is 287 Å². The Kier molecular flexibility index (Phi) is 34.0. The van der Waals surface area contributed by atoms with E-state index in [0.29, 0.717) is 67.7 Å². The number of ether oxygens (including phenoxy) is 4. The number of nitrogens with two attached hydrogens (primary N) is 1. The fourth-order valence-electron chi connectivity index (χ4n) is 11.1. The second-order valence-corrected chi connectivity index (χ2v) is 26.0. The summed E-state index contributed by atoms with van der Waals surface area (Å²) < 4.78 is 185. The zero-order valence-electron chi connectivity index (χ0n) is 65.5. The maximum Gasteiger partial charge on any atom is 0.416 e. The number of halogens is 13. The molecule has 0 saturated heterocycles. The van der Waals surface area contributed by atoms with Gasteiger partial charge in [0.15, 0.2) is 0 Å². The number of carbonyl (C=O) groups excluding carboxylic acids is 3. The van der Waals surface area contributed by atoms with Crippen molar-refractivity contribution in [2.75, 3.05) is 6.26 Å². The first kappa shape index (κ1) is 93.6. The first-order chi connectivity index (χ1) is 56.8. The van der Waals surface area contributed by atoms with Crippen molar-refractivity contribution >= 4 is 78.9 Å². The highest BCUT2D eigenvalue weighted by molar-refractivity contribution is 7.93. The summed E-state index contributed by atoms with van der Waals surface area (Å²) in [6.07, 6.45) is -16.2. The number of hydrogen-bond acceptors (Lipinski definition) is 10. The van der Waals surface area contributed by atoms with Crippen molar-refractivity contribution < 1.29 is 99.8 Å². The lowest BCUT2D eigenvalue weighted by atomic mass is 10.1. The van der Waals surface area contributed by atoms with Crippen LogP contribution in [0, 0.1) is 47.4 Å². The Balaban J connectivity index is 0.000000213. The Bertz CT molecular complexity index is 5390. The number of carbonyl (C=O) groups is 4. The molecular formula is C93H77F13N4O9S. The van der Waals surface area contributed by atoms with Crippen LogP contribution in [0.25, 0.3) is 43.1 Å². The number of aromatic carboxylic acids is 1. The summed E-state index contributed by atoms with van der Waals surface area (Å²) in [5, 5.41) is 23.3. The molecule has 13 nitrogen and oxygen atoms in total. The fraction of sp³-hybridized carbons (Fsp3) is 0.183. The van der Waals surface area contributed by atoms with Crippen LogP contribution in [-0.2, 0) is 24.7 Å². The van der Waals surface area contributed by atoms with Gasteiger partial charge in [-0.2, -0.15) is 56.6 Å². The molecule has 0 radical (unpaired) electrons. The quantitative estimate of drug-likeness (QED) is 0.0485. The lowest BCUT2D eigenvalue weighted by Crippen LogP contribution is -2.31. The third-order valence-electron chi connectivity index (χ3n) is 16.5. The Hall–Kier alpha value is -13.6. The molecule has 0 fully saturated rings. The number of rotatable bonds is 15. The van der Waals surface area contributed by atoms with Crippen molar-refractivity contribution in [1.82, 2.24) is 16.0 Å². The van der Waals surface area contributed by atoms with Gasteiger partial charge in [-0.1, -0.05) is 72.2 Å². The average Bonchev–Trinajstić information content (AvgIpc) is 0.811. The summed E-state index contributed by atoms with van der Waals surface area (Å²) in [5.74, 6) is 23.5. The SMILES string of the molecule is CC#CC(C)N.CC#CC(C)NC(=O)c1ccc2c(Oc3ccc(C(F)(F)F)cc3)cccc2c1.CC#C[C@@H](C)NC(=O)c1ccc2c(Oc3ccc(C(F)(F)F)cc3)cccc2c1.CC#C[C@H](C)NC(=O)c1ccc2c(Oc3ccc(C(F)(F)F)cc3)cccc2c1.CSF.O=C(O)c1ccc2c(Oc3ccc(C(F)(F)F)cc3)cccc2c1. The molecule has 0 spiro atoms. The molecule has 0 aromatic heterocycles. The molecule has 12 rings (SSSR count). The van der Waals surface area contributed by atoms with E-state index in [4.69, 9.17) is 29.8 Å². The van der Waals surface area contributed by atoms with Crippen LogP contribution in [0.4, 0.5) is 56.6 Å². The highest BCUT2D eigenvalue weighted by Crippen LogP contribution is 2.40. The van der Waals surface area contributed by atoms with E-state index in [1.807, 2.05) is 25.1 Å². The highest BCUT2D eigenvalue weighted by Gasteiger charge is 2.33. The molecule has 3 amide bonds. The van der Waals surface area contributed by atoms with Gasteiger partial charge < -0.3 is 45.7 Å². The average molecular weight is 1670 g/mol. The van der Waals surface area contributed by atoms with Gasteiger partial charge in [0, 0.05) is 56.6 Å². The molecule has 0 bridgehead atoms. The summed E-state index contributed by atoms with van der Waals surface area (Å²) in [4.78, 5) is 48.1. The van der Waals surface area contributed by atoms with E-state index >= 15 is 0 Å². The van der Waals surface area contributed by atoms with Crippen molar-refractivity contribution in [3.8, 4) is 93.4 Å². The first-order valence-electron chi connectivity index (χ1n) is 36.1. The van der Waals surface area contributed by atoms with Gasteiger partial charge in [-0.05, 0) is 271 Å². The van der Waals surface area contributed by atoms with E-state index in [2.05, 4.69) is 63.3 Å². The molecule has 12 aromatic carbocycles. The molecule has 0 heterocycles. The smallest absolute Gasteiger partial charge is 0.416 e. The molecule has 27 heteroatoms. The molecule has 0 saturated carbocycles. The Morgan fingerprint density at radius 3 is 0.733 bits per heavy atom. The van der Waals surface area contributed by atoms with Crippen LogP contribution in [0.2, 0.25) is 0 Å². The summed E-state index contributed by atoms with van der Waals surface area (Å²) in [6, 6.07) is 58.2. The predicted octanol–water partition coefficient (Wildman–Crippen LogP) is 24.3. The van der Waals surface area contributed by atoms with E-state index in [0.717, 1.165) is 80.8 Å². The summed E-state index contributed by atoms with van der Waals surface area (Å²) >= 11 is 0.250. The molecule has 0 aliphatic carbocycles. The van der Waals surface area contributed by atoms with Gasteiger partial charge >= 0.3 is 30.7 Å². The lowest BCUT2D eigenvalue weighted by Gasteiger charge is -2.12. The molecule has 0 aliphatic heterocycles. The van der Waals surface area contributed by atoms with E-state index < -0.39 is 52.9 Å². The monoisotopic (exact) mass is 1670 g/mol. The minimum atomic E-state index is -4.40. The molecular weight excluding hydrogens is 1600 g/mol. The normalized spacial score (nSPS) is 11.8. The Morgan fingerprint density at radius 1 is 0.342 bits per heavy atom. The van der Waals surface area contributed by atoms with Crippen LogP contribution < -0.4 is 40.6 Å². The number of hydrogen-bond donors (Lipinski definition) is 5. The van der Waals surface area contributed by atoms with Gasteiger partial charge in [-0.15, -0.1) is 23.7 Å². The Labute approximate surface area is 688 Å². The van der Waals surface area contributed by atoms with Gasteiger partial charge in [0.1, 0.15) is 46.0 Å².